The molecule has 0 bridgehead atoms. The first-order valence-electron chi connectivity index (χ1n) is 10.5. The number of hydrogen-bond acceptors (Lipinski definition) is 5. The topological polar surface area (TPSA) is 43.2 Å². The van der Waals surface area contributed by atoms with Crippen LogP contribution in [0.1, 0.15) is 37.9 Å². The van der Waals surface area contributed by atoms with Crippen molar-refractivity contribution >= 4 is 5.91 Å². The van der Waals surface area contributed by atoms with Crippen molar-refractivity contribution in [3.05, 3.63) is 24.2 Å². The van der Waals surface area contributed by atoms with Gasteiger partial charge in [0, 0.05) is 64.3 Å². The van der Waals surface area contributed by atoms with E-state index >= 15 is 0 Å². The molecule has 3 fully saturated rings. The van der Waals surface area contributed by atoms with Crippen molar-refractivity contribution in [2.45, 2.75) is 50.2 Å². The largest absolute Gasteiger partial charge is 0.468 e. The van der Waals surface area contributed by atoms with Gasteiger partial charge >= 0.3 is 0 Å². The molecule has 1 aromatic rings. The van der Waals surface area contributed by atoms with Crippen LogP contribution < -0.4 is 0 Å². The Labute approximate surface area is 163 Å². The van der Waals surface area contributed by atoms with E-state index in [0.717, 1.165) is 64.4 Å². The molecule has 150 valence electrons. The molecule has 6 heteroatoms. The lowest BCUT2D eigenvalue weighted by Crippen LogP contribution is -2.63. The van der Waals surface area contributed by atoms with Crippen LogP contribution in [-0.2, 0) is 11.3 Å². The third-order valence-corrected chi connectivity index (χ3v) is 7.21. The van der Waals surface area contributed by atoms with Gasteiger partial charge in [-0.2, -0.15) is 0 Å². The number of rotatable bonds is 3. The molecule has 0 N–H and O–H groups in total. The Bertz CT molecular complexity index is 626. The molecule has 0 radical (unpaired) electrons. The van der Waals surface area contributed by atoms with Crippen LogP contribution in [0.4, 0.5) is 0 Å². The maximum absolute atomic E-state index is 12.2. The molecule has 0 saturated carbocycles. The number of carbonyl (C=O) groups excluding carboxylic acids is 1. The van der Waals surface area contributed by atoms with Gasteiger partial charge in [0.2, 0.25) is 5.91 Å². The van der Waals surface area contributed by atoms with Crippen LogP contribution in [-0.4, -0.2) is 90.5 Å². The van der Waals surface area contributed by atoms with Gasteiger partial charge in [-0.15, -0.1) is 0 Å². The van der Waals surface area contributed by atoms with Gasteiger partial charge in [0.15, 0.2) is 0 Å². The number of likely N-dealkylation sites (N-methyl/N-ethyl adjacent to an activating group) is 1. The summed E-state index contributed by atoms with van der Waals surface area (Å²) in [4.78, 5) is 21.9. The van der Waals surface area contributed by atoms with E-state index in [1.807, 2.05) is 18.0 Å². The fraction of sp³-hybridized carbons (Fsp3) is 0.762. The van der Waals surface area contributed by atoms with Gasteiger partial charge < -0.3 is 9.32 Å². The number of amides is 1. The minimum absolute atomic E-state index is 0.171. The van der Waals surface area contributed by atoms with Crippen molar-refractivity contribution in [3.63, 3.8) is 0 Å². The molecule has 1 aromatic heterocycles. The predicted molar refractivity (Wildman–Crippen MR) is 105 cm³/mol. The summed E-state index contributed by atoms with van der Waals surface area (Å²) >= 11 is 0. The van der Waals surface area contributed by atoms with Crippen LogP contribution >= 0.6 is 0 Å². The molecule has 3 saturated heterocycles. The Morgan fingerprint density at radius 3 is 2.67 bits per heavy atom. The lowest BCUT2D eigenvalue weighted by atomic mass is 9.85. The number of piperidine rings is 1. The molecular formula is C21H34N4O2. The first-order chi connectivity index (χ1) is 13.1. The standard InChI is InChI=1S/C21H34N4O2/c1-22-12-9-21(8-5-20(22)26)17-25(14-13-23(21)2)18-6-10-24(11-7-18)16-19-4-3-15-27-19/h3-4,15,18H,5-14,16-17H2,1-2H3. The van der Waals surface area contributed by atoms with Crippen molar-refractivity contribution in [1.29, 1.82) is 0 Å². The van der Waals surface area contributed by atoms with Crippen molar-refractivity contribution < 1.29 is 9.21 Å². The monoisotopic (exact) mass is 374 g/mol. The zero-order valence-corrected chi connectivity index (χ0v) is 16.9. The fourth-order valence-corrected chi connectivity index (χ4v) is 5.17. The number of hydrogen-bond donors (Lipinski definition) is 0. The highest BCUT2D eigenvalue weighted by Crippen LogP contribution is 2.34. The summed E-state index contributed by atoms with van der Waals surface area (Å²) in [7, 11) is 4.22. The Morgan fingerprint density at radius 2 is 1.93 bits per heavy atom. The van der Waals surface area contributed by atoms with Gasteiger partial charge in [-0.25, -0.2) is 0 Å². The summed E-state index contributed by atoms with van der Waals surface area (Å²) in [5.74, 6) is 1.38. The number of nitrogens with zero attached hydrogens (tertiary/aromatic N) is 4. The number of likely N-dealkylation sites (tertiary alicyclic amines) is 2. The van der Waals surface area contributed by atoms with Gasteiger partial charge in [0.05, 0.1) is 12.8 Å². The third kappa shape index (κ3) is 4.08. The summed E-state index contributed by atoms with van der Waals surface area (Å²) in [6, 6.07) is 4.72. The molecule has 3 aliphatic heterocycles. The second-order valence-electron chi connectivity index (χ2n) is 8.77. The summed E-state index contributed by atoms with van der Waals surface area (Å²) in [6.07, 6.45) is 7.02. The lowest BCUT2D eigenvalue weighted by molar-refractivity contribution is -0.129. The summed E-state index contributed by atoms with van der Waals surface area (Å²) in [5.41, 5.74) is 0.171. The second kappa shape index (κ2) is 7.94. The van der Waals surface area contributed by atoms with Crippen molar-refractivity contribution in [3.8, 4) is 0 Å². The average molecular weight is 375 g/mol. The highest BCUT2D eigenvalue weighted by atomic mass is 16.3. The molecule has 4 rings (SSSR count). The maximum atomic E-state index is 12.2. The van der Waals surface area contributed by atoms with Crippen LogP contribution in [0, 0.1) is 0 Å². The third-order valence-electron chi connectivity index (χ3n) is 7.21. The van der Waals surface area contributed by atoms with Crippen LogP contribution in [0.5, 0.6) is 0 Å². The van der Waals surface area contributed by atoms with Crippen molar-refractivity contribution in [2.75, 3.05) is 53.4 Å². The minimum atomic E-state index is 0.171. The molecular weight excluding hydrogens is 340 g/mol. The van der Waals surface area contributed by atoms with Crippen LogP contribution in [0.15, 0.2) is 22.8 Å². The zero-order chi connectivity index (χ0) is 18.9. The van der Waals surface area contributed by atoms with E-state index in [0.29, 0.717) is 18.4 Å². The quantitative estimate of drug-likeness (QED) is 0.808. The Hall–Kier alpha value is -1.37. The maximum Gasteiger partial charge on any atom is 0.222 e. The van der Waals surface area contributed by atoms with E-state index < -0.39 is 0 Å². The zero-order valence-electron chi connectivity index (χ0n) is 16.9. The van der Waals surface area contributed by atoms with E-state index in [9.17, 15) is 4.79 Å². The van der Waals surface area contributed by atoms with Gasteiger partial charge in [0.25, 0.3) is 0 Å². The normalized spacial score (nSPS) is 30.1. The molecule has 1 unspecified atom stereocenters. The minimum Gasteiger partial charge on any atom is -0.468 e. The molecule has 0 aromatic carbocycles. The van der Waals surface area contributed by atoms with E-state index in [4.69, 9.17) is 4.42 Å². The SMILES string of the molecule is CN1CCC2(CCC1=O)CN(C1CCN(Cc3ccco3)CC1)CCN2C. The van der Waals surface area contributed by atoms with Crippen molar-refractivity contribution in [1.82, 2.24) is 19.6 Å². The predicted octanol–water partition coefficient (Wildman–Crippen LogP) is 1.87. The highest BCUT2D eigenvalue weighted by molar-refractivity contribution is 5.76. The molecule has 4 heterocycles. The molecule has 3 aliphatic rings. The second-order valence-corrected chi connectivity index (χ2v) is 8.77. The van der Waals surface area contributed by atoms with Gasteiger partial charge in [0.1, 0.15) is 5.76 Å². The molecule has 1 amide bonds. The van der Waals surface area contributed by atoms with Crippen LogP contribution in [0.25, 0.3) is 0 Å². The van der Waals surface area contributed by atoms with Gasteiger partial charge in [-0.3, -0.25) is 19.5 Å². The molecule has 1 atom stereocenters. The Kier molecular flexibility index (Phi) is 5.58. The summed E-state index contributed by atoms with van der Waals surface area (Å²) in [5, 5.41) is 0. The molecule has 1 spiro atoms. The highest BCUT2D eigenvalue weighted by Gasteiger charge is 2.43. The van der Waals surface area contributed by atoms with E-state index in [1.54, 1.807) is 6.26 Å². The number of piperazine rings is 1. The molecule has 0 aliphatic carbocycles. The number of carbonyl (C=O) groups is 1. The first kappa shape index (κ1) is 19.0. The van der Waals surface area contributed by atoms with Gasteiger partial charge in [-0.05, 0) is 44.9 Å². The molecule has 27 heavy (non-hydrogen) atoms. The average Bonchev–Trinajstić information content (AvgIpc) is 3.15. The van der Waals surface area contributed by atoms with E-state index in [1.165, 1.54) is 12.8 Å². The van der Waals surface area contributed by atoms with Gasteiger partial charge in [-0.1, -0.05) is 0 Å². The summed E-state index contributed by atoms with van der Waals surface area (Å²) < 4.78 is 5.51. The van der Waals surface area contributed by atoms with E-state index in [-0.39, 0.29) is 5.54 Å². The lowest BCUT2D eigenvalue weighted by Gasteiger charge is -2.52. The fourth-order valence-electron chi connectivity index (χ4n) is 5.17. The summed E-state index contributed by atoms with van der Waals surface area (Å²) in [6.45, 7) is 7.50. The Balaban J connectivity index is 1.35. The Morgan fingerprint density at radius 1 is 1.11 bits per heavy atom. The van der Waals surface area contributed by atoms with Crippen LogP contribution in [0.2, 0.25) is 0 Å². The molecule has 6 nitrogen and oxygen atoms in total. The van der Waals surface area contributed by atoms with Crippen LogP contribution in [0.3, 0.4) is 0 Å². The van der Waals surface area contributed by atoms with E-state index in [2.05, 4.69) is 27.8 Å². The number of furan rings is 1. The first-order valence-corrected chi connectivity index (χ1v) is 10.5. The van der Waals surface area contributed by atoms with Crippen molar-refractivity contribution in [2.24, 2.45) is 0 Å². The smallest absolute Gasteiger partial charge is 0.222 e.